The molecule has 126 valence electrons. The van der Waals surface area contributed by atoms with Gasteiger partial charge in [0.25, 0.3) is 0 Å². The highest BCUT2D eigenvalue weighted by Crippen LogP contribution is 2.36. The van der Waals surface area contributed by atoms with Crippen molar-refractivity contribution in [2.45, 2.75) is 50.5 Å². The van der Waals surface area contributed by atoms with E-state index in [1.807, 2.05) is 0 Å². The number of nitrogens with zero attached hydrogens (tertiary/aromatic N) is 1. The highest BCUT2D eigenvalue weighted by molar-refractivity contribution is 7.99. The first-order valence-electron chi connectivity index (χ1n) is 9.09. The van der Waals surface area contributed by atoms with Crippen molar-refractivity contribution in [3.05, 3.63) is 0 Å². The molecule has 3 rings (SSSR count). The number of hydrogen-bond donors (Lipinski definition) is 2. The first-order valence-corrected chi connectivity index (χ1v) is 10.2. The molecule has 1 saturated carbocycles. The second kappa shape index (κ2) is 8.02. The third-order valence-corrected chi connectivity index (χ3v) is 6.72. The summed E-state index contributed by atoms with van der Waals surface area (Å²) in [6, 6.07) is 0. The largest absolute Gasteiger partial charge is 0.354 e. The quantitative estimate of drug-likeness (QED) is 0.782. The Balaban J connectivity index is 1.45. The van der Waals surface area contributed by atoms with Gasteiger partial charge < -0.3 is 10.6 Å². The first-order chi connectivity index (χ1) is 10.8. The van der Waals surface area contributed by atoms with Gasteiger partial charge in [-0.15, -0.1) is 0 Å². The number of carbonyl (C=O) groups excluding carboxylic acids is 1. The Hall–Kier alpha value is -0.260. The van der Waals surface area contributed by atoms with E-state index in [0.29, 0.717) is 12.3 Å². The van der Waals surface area contributed by atoms with E-state index in [1.54, 1.807) is 0 Å². The van der Waals surface area contributed by atoms with E-state index < -0.39 is 0 Å². The molecule has 1 amide bonds. The molecule has 22 heavy (non-hydrogen) atoms. The lowest BCUT2D eigenvalue weighted by atomic mass is 9.94. The zero-order valence-electron chi connectivity index (χ0n) is 13.7. The number of nitrogens with one attached hydrogen (secondary N) is 2. The van der Waals surface area contributed by atoms with Gasteiger partial charge in [-0.3, -0.25) is 9.69 Å². The van der Waals surface area contributed by atoms with Gasteiger partial charge in [-0.25, -0.2) is 0 Å². The van der Waals surface area contributed by atoms with E-state index in [0.717, 1.165) is 26.1 Å². The average Bonchev–Trinajstić information content (AvgIpc) is 3.24. The van der Waals surface area contributed by atoms with E-state index in [4.69, 9.17) is 0 Å². The number of carbonyl (C=O) groups is 1. The van der Waals surface area contributed by atoms with Crippen LogP contribution in [0.5, 0.6) is 0 Å². The molecular weight excluding hydrogens is 294 g/mol. The van der Waals surface area contributed by atoms with Crippen LogP contribution >= 0.6 is 11.8 Å². The summed E-state index contributed by atoms with van der Waals surface area (Å²) >= 11 is 2.07. The summed E-state index contributed by atoms with van der Waals surface area (Å²) in [5.74, 6) is 3.49. The van der Waals surface area contributed by atoms with Crippen molar-refractivity contribution < 1.29 is 4.79 Å². The zero-order chi connectivity index (χ0) is 15.3. The predicted octanol–water partition coefficient (Wildman–Crippen LogP) is 1.85. The van der Waals surface area contributed by atoms with Crippen molar-refractivity contribution in [3.8, 4) is 0 Å². The van der Waals surface area contributed by atoms with Gasteiger partial charge in [-0.2, -0.15) is 11.8 Å². The normalized spacial score (nSPS) is 28.8. The Morgan fingerprint density at radius 3 is 2.73 bits per heavy atom. The van der Waals surface area contributed by atoms with Crippen LogP contribution in [-0.2, 0) is 4.79 Å². The Labute approximate surface area is 139 Å². The second-order valence-electron chi connectivity index (χ2n) is 7.21. The molecule has 2 N–H and O–H groups in total. The SMILES string of the molecule is O=C(CCC1CCNC1)NCC1(N2CCSCC2)CCCC1. The van der Waals surface area contributed by atoms with Gasteiger partial charge in [0.1, 0.15) is 0 Å². The third-order valence-electron chi connectivity index (χ3n) is 5.77. The zero-order valence-corrected chi connectivity index (χ0v) is 14.6. The standard InChI is InChI=1S/C17H31N3OS/c21-16(4-3-15-5-8-18-13-15)19-14-17(6-1-2-7-17)20-9-11-22-12-10-20/h15,18H,1-14H2,(H,19,21). The van der Waals surface area contributed by atoms with Crippen LogP contribution in [0.15, 0.2) is 0 Å². The maximum atomic E-state index is 12.2. The van der Waals surface area contributed by atoms with Gasteiger partial charge in [0, 0.05) is 43.1 Å². The molecule has 2 aliphatic heterocycles. The summed E-state index contributed by atoms with van der Waals surface area (Å²) in [7, 11) is 0. The van der Waals surface area contributed by atoms with Crippen LogP contribution in [0.1, 0.15) is 44.9 Å². The predicted molar refractivity (Wildman–Crippen MR) is 93.3 cm³/mol. The molecule has 4 nitrogen and oxygen atoms in total. The topological polar surface area (TPSA) is 44.4 Å². The van der Waals surface area contributed by atoms with E-state index >= 15 is 0 Å². The van der Waals surface area contributed by atoms with Crippen LogP contribution in [0.2, 0.25) is 0 Å². The van der Waals surface area contributed by atoms with E-state index in [1.165, 1.54) is 56.7 Å². The maximum absolute atomic E-state index is 12.2. The molecule has 0 aromatic carbocycles. The summed E-state index contributed by atoms with van der Waals surface area (Å²) in [6.07, 6.45) is 8.18. The number of amides is 1. The average molecular weight is 326 g/mol. The molecule has 1 unspecified atom stereocenters. The lowest BCUT2D eigenvalue weighted by molar-refractivity contribution is -0.122. The lowest BCUT2D eigenvalue weighted by Gasteiger charge is -2.43. The maximum Gasteiger partial charge on any atom is 0.220 e. The monoisotopic (exact) mass is 325 g/mol. The lowest BCUT2D eigenvalue weighted by Crippen LogP contribution is -2.56. The Morgan fingerprint density at radius 1 is 1.27 bits per heavy atom. The molecule has 0 radical (unpaired) electrons. The van der Waals surface area contributed by atoms with Crippen LogP contribution in [0.4, 0.5) is 0 Å². The highest BCUT2D eigenvalue weighted by Gasteiger charge is 2.40. The second-order valence-corrected chi connectivity index (χ2v) is 8.43. The summed E-state index contributed by atoms with van der Waals surface area (Å²) in [6.45, 7) is 5.51. The minimum atomic E-state index is 0.268. The Morgan fingerprint density at radius 2 is 2.05 bits per heavy atom. The highest BCUT2D eigenvalue weighted by atomic mass is 32.2. The van der Waals surface area contributed by atoms with Crippen molar-refractivity contribution in [1.82, 2.24) is 15.5 Å². The number of hydrogen-bond acceptors (Lipinski definition) is 4. The van der Waals surface area contributed by atoms with Gasteiger partial charge in [-0.1, -0.05) is 12.8 Å². The molecular formula is C17H31N3OS. The van der Waals surface area contributed by atoms with Gasteiger partial charge in [-0.05, 0) is 44.7 Å². The Kier molecular flexibility index (Phi) is 6.05. The first kappa shape index (κ1) is 16.6. The molecule has 0 spiro atoms. The summed E-state index contributed by atoms with van der Waals surface area (Å²) in [5.41, 5.74) is 0.269. The van der Waals surface area contributed by atoms with Crippen molar-refractivity contribution in [2.24, 2.45) is 5.92 Å². The molecule has 3 aliphatic rings. The molecule has 3 fully saturated rings. The minimum absolute atomic E-state index is 0.268. The molecule has 1 aliphatic carbocycles. The number of rotatable bonds is 6. The van der Waals surface area contributed by atoms with Crippen LogP contribution in [0.25, 0.3) is 0 Å². The fourth-order valence-corrected chi connectivity index (χ4v) is 5.23. The van der Waals surface area contributed by atoms with Crippen molar-refractivity contribution >= 4 is 17.7 Å². The van der Waals surface area contributed by atoms with Crippen molar-refractivity contribution in [3.63, 3.8) is 0 Å². The van der Waals surface area contributed by atoms with E-state index in [9.17, 15) is 4.79 Å². The van der Waals surface area contributed by atoms with Crippen molar-refractivity contribution in [2.75, 3.05) is 44.2 Å². The summed E-state index contributed by atoms with van der Waals surface area (Å²) in [4.78, 5) is 14.9. The van der Waals surface area contributed by atoms with E-state index in [-0.39, 0.29) is 11.4 Å². The molecule has 1 atom stereocenters. The van der Waals surface area contributed by atoms with Crippen LogP contribution in [0, 0.1) is 5.92 Å². The molecule has 2 saturated heterocycles. The van der Waals surface area contributed by atoms with Gasteiger partial charge in [0.2, 0.25) is 5.91 Å². The molecule has 0 bridgehead atoms. The molecule has 2 heterocycles. The number of thioether (sulfide) groups is 1. The Bertz CT molecular complexity index is 359. The van der Waals surface area contributed by atoms with Crippen LogP contribution < -0.4 is 10.6 Å². The molecule has 0 aromatic rings. The van der Waals surface area contributed by atoms with Gasteiger partial charge >= 0.3 is 0 Å². The minimum Gasteiger partial charge on any atom is -0.354 e. The fourth-order valence-electron chi connectivity index (χ4n) is 4.32. The molecule has 0 aromatic heterocycles. The smallest absolute Gasteiger partial charge is 0.220 e. The van der Waals surface area contributed by atoms with Gasteiger partial charge in [0.05, 0.1) is 0 Å². The van der Waals surface area contributed by atoms with Crippen LogP contribution in [-0.4, -0.2) is 60.6 Å². The van der Waals surface area contributed by atoms with Gasteiger partial charge in [0.15, 0.2) is 0 Å². The molecule has 5 heteroatoms. The fraction of sp³-hybridized carbons (Fsp3) is 0.941. The van der Waals surface area contributed by atoms with Crippen molar-refractivity contribution in [1.29, 1.82) is 0 Å². The van der Waals surface area contributed by atoms with Crippen LogP contribution in [0.3, 0.4) is 0 Å². The van der Waals surface area contributed by atoms with E-state index in [2.05, 4.69) is 27.3 Å². The summed E-state index contributed by atoms with van der Waals surface area (Å²) < 4.78 is 0. The summed E-state index contributed by atoms with van der Waals surface area (Å²) in [5, 5.41) is 6.66. The third kappa shape index (κ3) is 4.18.